The molecule has 0 aliphatic carbocycles. The molecule has 2 aromatic rings. The average Bonchev–Trinajstić information content (AvgIpc) is 2.83. The van der Waals surface area contributed by atoms with Gasteiger partial charge in [0.2, 0.25) is 4.34 Å². The lowest BCUT2D eigenvalue weighted by Gasteiger charge is -2.25. The maximum Gasteiger partial charge on any atom is 0.270 e. The van der Waals surface area contributed by atoms with Crippen molar-refractivity contribution in [1.82, 2.24) is 14.6 Å². The average molecular weight is 354 g/mol. The summed E-state index contributed by atoms with van der Waals surface area (Å²) in [4.78, 5) is 4.21. The number of nitrogens with one attached hydrogen (secondary N) is 1. The highest BCUT2D eigenvalue weighted by Gasteiger charge is 2.28. The minimum absolute atomic E-state index is 0. The van der Waals surface area contributed by atoms with E-state index >= 15 is 0 Å². The Labute approximate surface area is 132 Å². The molecule has 1 aliphatic rings. The fourth-order valence-corrected chi connectivity index (χ4v) is 5.06. The van der Waals surface area contributed by atoms with Crippen LogP contribution in [0.15, 0.2) is 22.5 Å². The molecule has 1 aromatic carbocycles. The Morgan fingerprint density at radius 3 is 2.70 bits per heavy atom. The van der Waals surface area contributed by atoms with Crippen LogP contribution in [0.4, 0.5) is 0 Å². The van der Waals surface area contributed by atoms with Crippen LogP contribution in [-0.4, -0.2) is 43.9 Å². The van der Waals surface area contributed by atoms with Gasteiger partial charge in [0.1, 0.15) is 0 Å². The fraction of sp³-hybridized carbons (Fsp3) is 0.364. The van der Waals surface area contributed by atoms with E-state index in [2.05, 4.69) is 10.3 Å². The molecule has 20 heavy (non-hydrogen) atoms. The highest BCUT2D eigenvalue weighted by atomic mass is 35.5. The van der Waals surface area contributed by atoms with Gasteiger partial charge >= 0.3 is 0 Å². The van der Waals surface area contributed by atoms with E-state index in [9.17, 15) is 8.42 Å². The standard InChI is InChI=1S/C11H12ClN3O2S2.ClH/c12-8-1-2-9-10(7-8)18-11(14-9)19(16,17)15-5-3-13-4-6-15;/h1-2,7,13H,3-6H2;1H. The largest absolute Gasteiger partial charge is 0.314 e. The van der Waals surface area contributed by atoms with Crippen LogP contribution >= 0.6 is 35.3 Å². The zero-order chi connectivity index (χ0) is 13.5. The van der Waals surface area contributed by atoms with Gasteiger partial charge in [-0.1, -0.05) is 11.6 Å². The minimum atomic E-state index is -3.48. The molecule has 0 spiro atoms. The molecule has 0 amide bonds. The van der Waals surface area contributed by atoms with Crippen molar-refractivity contribution in [2.24, 2.45) is 0 Å². The van der Waals surface area contributed by atoms with Gasteiger partial charge in [-0.3, -0.25) is 0 Å². The van der Waals surface area contributed by atoms with E-state index in [1.807, 2.05) is 0 Å². The Kier molecular flexibility index (Phi) is 4.88. The van der Waals surface area contributed by atoms with Crippen LogP contribution in [0.25, 0.3) is 10.2 Å². The maximum absolute atomic E-state index is 12.5. The van der Waals surface area contributed by atoms with Crippen molar-refractivity contribution in [3.63, 3.8) is 0 Å². The molecule has 110 valence electrons. The van der Waals surface area contributed by atoms with Gasteiger partial charge in [0.05, 0.1) is 10.2 Å². The summed E-state index contributed by atoms with van der Waals surface area (Å²) >= 11 is 7.07. The highest BCUT2D eigenvalue weighted by Crippen LogP contribution is 2.29. The summed E-state index contributed by atoms with van der Waals surface area (Å²) in [6, 6.07) is 5.20. The number of sulfonamides is 1. The summed E-state index contributed by atoms with van der Waals surface area (Å²) in [5, 5.41) is 3.72. The van der Waals surface area contributed by atoms with Crippen LogP contribution in [0.3, 0.4) is 0 Å². The number of fused-ring (bicyclic) bond motifs is 1. The molecule has 0 atom stereocenters. The summed E-state index contributed by atoms with van der Waals surface area (Å²) < 4.78 is 27.3. The molecule has 5 nitrogen and oxygen atoms in total. The normalized spacial score (nSPS) is 17.1. The van der Waals surface area contributed by atoms with Crippen LogP contribution in [0.5, 0.6) is 0 Å². The molecule has 0 bridgehead atoms. The topological polar surface area (TPSA) is 62.3 Å². The van der Waals surface area contributed by atoms with Gasteiger partial charge in [-0.25, -0.2) is 13.4 Å². The number of rotatable bonds is 2. The quantitative estimate of drug-likeness (QED) is 0.896. The number of hydrogen-bond donors (Lipinski definition) is 1. The van der Waals surface area contributed by atoms with E-state index in [0.29, 0.717) is 36.7 Å². The number of hydrogen-bond acceptors (Lipinski definition) is 5. The molecule has 3 rings (SSSR count). The molecule has 0 saturated carbocycles. The smallest absolute Gasteiger partial charge is 0.270 e. The summed E-state index contributed by atoms with van der Waals surface area (Å²) in [7, 11) is -3.48. The zero-order valence-corrected chi connectivity index (χ0v) is 13.6. The van der Waals surface area contributed by atoms with Gasteiger partial charge in [0.15, 0.2) is 0 Å². The monoisotopic (exact) mass is 353 g/mol. The van der Waals surface area contributed by atoms with Crippen LogP contribution < -0.4 is 5.32 Å². The van der Waals surface area contributed by atoms with E-state index in [-0.39, 0.29) is 16.7 Å². The molecule has 1 fully saturated rings. The molecular weight excluding hydrogens is 341 g/mol. The first-order valence-electron chi connectivity index (χ1n) is 5.84. The third-order valence-electron chi connectivity index (χ3n) is 2.97. The van der Waals surface area contributed by atoms with Crippen molar-refractivity contribution in [3.05, 3.63) is 23.2 Å². The Hall–Kier alpha value is -0.440. The SMILES string of the molecule is Cl.O=S(=O)(c1nc2ccc(Cl)cc2s1)N1CCNCC1. The van der Waals surface area contributed by atoms with Crippen LogP contribution in [0.2, 0.25) is 5.02 Å². The number of thiazole rings is 1. The first-order valence-corrected chi connectivity index (χ1v) is 8.48. The summed E-state index contributed by atoms with van der Waals surface area (Å²) in [5.41, 5.74) is 0.670. The summed E-state index contributed by atoms with van der Waals surface area (Å²) in [6.07, 6.45) is 0. The molecule has 9 heteroatoms. The number of nitrogens with zero attached hydrogens (tertiary/aromatic N) is 2. The number of halogens is 2. The van der Waals surface area contributed by atoms with Gasteiger partial charge in [-0.05, 0) is 18.2 Å². The molecule has 1 aromatic heterocycles. The van der Waals surface area contributed by atoms with Crippen LogP contribution in [0.1, 0.15) is 0 Å². The van der Waals surface area contributed by atoms with Crippen molar-refractivity contribution in [1.29, 1.82) is 0 Å². The van der Waals surface area contributed by atoms with Crippen molar-refractivity contribution >= 4 is 55.6 Å². The van der Waals surface area contributed by atoms with E-state index < -0.39 is 10.0 Å². The zero-order valence-electron chi connectivity index (χ0n) is 10.4. The van der Waals surface area contributed by atoms with Gasteiger partial charge in [0.25, 0.3) is 10.0 Å². The Balaban J connectivity index is 0.00000147. The first kappa shape index (κ1) is 15.9. The second-order valence-electron chi connectivity index (χ2n) is 4.25. The lowest BCUT2D eigenvalue weighted by atomic mass is 10.3. The number of benzene rings is 1. The van der Waals surface area contributed by atoms with E-state index in [4.69, 9.17) is 11.6 Å². The van der Waals surface area contributed by atoms with E-state index in [0.717, 1.165) is 4.70 Å². The molecular formula is C11H13Cl2N3O2S2. The molecule has 1 saturated heterocycles. The Morgan fingerprint density at radius 1 is 1.30 bits per heavy atom. The Bertz CT molecular complexity index is 712. The maximum atomic E-state index is 12.5. The second-order valence-corrected chi connectivity index (χ2v) is 7.82. The summed E-state index contributed by atoms with van der Waals surface area (Å²) in [6.45, 7) is 2.32. The van der Waals surface area contributed by atoms with Gasteiger partial charge in [-0.2, -0.15) is 4.31 Å². The van der Waals surface area contributed by atoms with E-state index in [1.54, 1.807) is 18.2 Å². The third-order valence-corrected chi connectivity index (χ3v) is 6.47. The third kappa shape index (κ3) is 2.93. The van der Waals surface area contributed by atoms with Crippen molar-refractivity contribution in [2.45, 2.75) is 4.34 Å². The van der Waals surface area contributed by atoms with Crippen molar-refractivity contribution in [3.8, 4) is 0 Å². The summed E-state index contributed by atoms with van der Waals surface area (Å²) in [5.74, 6) is 0. The molecule has 2 heterocycles. The molecule has 0 unspecified atom stereocenters. The molecule has 1 N–H and O–H groups in total. The lowest BCUT2D eigenvalue weighted by Crippen LogP contribution is -2.46. The number of piperazine rings is 1. The van der Waals surface area contributed by atoms with Crippen molar-refractivity contribution < 1.29 is 8.42 Å². The molecule has 1 aliphatic heterocycles. The highest BCUT2D eigenvalue weighted by molar-refractivity contribution is 7.91. The first-order chi connectivity index (χ1) is 9.07. The van der Waals surface area contributed by atoms with Crippen LogP contribution in [-0.2, 0) is 10.0 Å². The predicted octanol–water partition coefficient (Wildman–Crippen LogP) is 1.97. The van der Waals surface area contributed by atoms with Crippen molar-refractivity contribution in [2.75, 3.05) is 26.2 Å². The van der Waals surface area contributed by atoms with E-state index in [1.165, 1.54) is 15.6 Å². The lowest BCUT2D eigenvalue weighted by molar-refractivity contribution is 0.360. The predicted molar refractivity (Wildman–Crippen MR) is 83.5 cm³/mol. The Morgan fingerprint density at radius 2 is 2.00 bits per heavy atom. The number of aromatic nitrogens is 1. The molecule has 0 radical (unpaired) electrons. The van der Waals surface area contributed by atoms with Gasteiger partial charge in [0, 0.05) is 31.2 Å². The van der Waals surface area contributed by atoms with Gasteiger partial charge in [-0.15, -0.1) is 23.7 Å². The fourth-order valence-electron chi connectivity index (χ4n) is 1.98. The second kappa shape index (κ2) is 6.13. The minimum Gasteiger partial charge on any atom is -0.314 e. The van der Waals surface area contributed by atoms with Crippen LogP contribution in [0, 0.1) is 0 Å². The van der Waals surface area contributed by atoms with Gasteiger partial charge < -0.3 is 5.32 Å².